The quantitative estimate of drug-likeness (QED) is 0.365. The van der Waals surface area contributed by atoms with Crippen LogP contribution < -0.4 is 0 Å². The number of piperidine rings is 1. The molecule has 0 saturated carbocycles. The van der Waals surface area contributed by atoms with E-state index in [2.05, 4.69) is 9.97 Å². The second-order valence-electron chi connectivity index (χ2n) is 10.7. The molecule has 2 aliphatic heterocycles. The van der Waals surface area contributed by atoms with E-state index in [1.165, 1.54) is 0 Å². The highest BCUT2D eigenvalue weighted by atomic mass is 35.5. The maximum absolute atomic E-state index is 13.9. The predicted octanol–water partition coefficient (Wildman–Crippen LogP) is 4.35. The minimum absolute atomic E-state index is 0.0175. The number of aryl methyl sites for hydroxylation is 1. The number of hydrogen-bond donors (Lipinski definition) is 0. The van der Waals surface area contributed by atoms with Crippen molar-refractivity contribution in [2.24, 2.45) is 13.0 Å². The molecule has 1 fully saturated rings. The maximum atomic E-state index is 13.9. The van der Waals surface area contributed by atoms with Gasteiger partial charge in [0, 0.05) is 74.4 Å². The van der Waals surface area contributed by atoms with Gasteiger partial charge in [-0.15, -0.1) is 0 Å². The number of likely N-dealkylation sites (tertiary alicyclic amines) is 1. The van der Waals surface area contributed by atoms with Crippen LogP contribution in [0.15, 0.2) is 67.1 Å². The Hall–Kier alpha value is -4.04. The molecule has 4 aromatic rings. The summed E-state index contributed by atoms with van der Waals surface area (Å²) in [5.74, 6) is -0.0380. The van der Waals surface area contributed by atoms with Gasteiger partial charge in [0.05, 0.1) is 17.1 Å². The Morgan fingerprint density at radius 1 is 1.02 bits per heavy atom. The van der Waals surface area contributed by atoms with Gasteiger partial charge in [0.2, 0.25) is 0 Å². The number of rotatable bonds is 5. The summed E-state index contributed by atoms with van der Waals surface area (Å²) in [7, 11) is 1.92. The maximum Gasteiger partial charge on any atom is 0.257 e. The fraction of sp³-hybridized carbons (Fsp3) is 0.323. The predicted molar refractivity (Wildman–Crippen MR) is 152 cm³/mol. The van der Waals surface area contributed by atoms with Crippen LogP contribution in [0.5, 0.6) is 0 Å². The Kier molecular flexibility index (Phi) is 7.11. The lowest BCUT2D eigenvalue weighted by molar-refractivity contribution is -0.122. The van der Waals surface area contributed by atoms with E-state index in [1.54, 1.807) is 35.5 Å². The van der Waals surface area contributed by atoms with Gasteiger partial charge >= 0.3 is 0 Å². The molecule has 3 aromatic heterocycles. The summed E-state index contributed by atoms with van der Waals surface area (Å²) in [4.78, 5) is 53.4. The van der Waals surface area contributed by atoms with Crippen LogP contribution in [-0.4, -0.2) is 67.6 Å². The van der Waals surface area contributed by atoms with Crippen LogP contribution in [0.3, 0.4) is 0 Å². The Bertz CT molecular complexity index is 1590. The van der Waals surface area contributed by atoms with Gasteiger partial charge in [0.1, 0.15) is 5.52 Å². The molecule has 0 N–H and O–H groups in total. The first kappa shape index (κ1) is 26.2. The van der Waals surface area contributed by atoms with Crippen LogP contribution in [0.1, 0.15) is 44.8 Å². The number of hydrogen-bond acceptors (Lipinski definition) is 5. The number of halogens is 1. The van der Waals surface area contributed by atoms with E-state index >= 15 is 0 Å². The Morgan fingerprint density at radius 2 is 1.82 bits per heavy atom. The van der Waals surface area contributed by atoms with Gasteiger partial charge in [-0.1, -0.05) is 17.7 Å². The summed E-state index contributed by atoms with van der Waals surface area (Å²) in [6, 6.07) is 14.0. The fourth-order valence-electron chi connectivity index (χ4n) is 5.98. The van der Waals surface area contributed by atoms with Crippen LogP contribution in [0.25, 0.3) is 11.0 Å². The Balaban J connectivity index is 1.21. The van der Waals surface area contributed by atoms with Crippen LogP contribution >= 0.6 is 11.6 Å². The number of aromatic nitrogens is 3. The summed E-state index contributed by atoms with van der Waals surface area (Å²) < 4.78 is 1.93. The molecule has 1 aromatic carbocycles. The molecule has 0 unspecified atom stereocenters. The van der Waals surface area contributed by atoms with Crippen LogP contribution in [-0.2, 0) is 24.7 Å². The molecule has 0 spiro atoms. The minimum atomic E-state index is -0.616. The van der Waals surface area contributed by atoms with Gasteiger partial charge in [-0.25, -0.2) is 0 Å². The Labute approximate surface area is 237 Å². The van der Waals surface area contributed by atoms with Crippen molar-refractivity contribution in [2.45, 2.75) is 31.7 Å². The van der Waals surface area contributed by atoms with Crippen molar-refractivity contribution in [2.75, 3.05) is 19.6 Å². The molecule has 9 heteroatoms. The van der Waals surface area contributed by atoms with E-state index in [0.717, 1.165) is 24.1 Å². The van der Waals surface area contributed by atoms with Gasteiger partial charge in [-0.05, 0) is 66.8 Å². The van der Waals surface area contributed by atoms with E-state index in [1.807, 2.05) is 53.0 Å². The molecule has 0 bridgehead atoms. The third-order valence-corrected chi connectivity index (χ3v) is 8.37. The van der Waals surface area contributed by atoms with Crippen molar-refractivity contribution in [1.29, 1.82) is 0 Å². The number of benzene rings is 1. The van der Waals surface area contributed by atoms with Gasteiger partial charge in [-0.3, -0.25) is 24.4 Å². The average molecular weight is 556 g/mol. The van der Waals surface area contributed by atoms with Crippen molar-refractivity contribution in [3.63, 3.8) is 0 Å². The SMILES string of the molecule is Cn1cc(C(=O)N2CCC(CN3C(=O)c4ccc(Cl)cc4CC(=O)[C@H]3Cc3ccccn3)CC2)c2ncccc21. The zero-order chi connectivity index (χ0) is 27.8. The standard InChI is InChI=1S/C31H30ClN5O3/c1-35-19-25(29-26(35)6-4-12-34-29)30(39)36-13-9-20(10-14-36)18-37-27(17-23-5-2-3-11-33-23)28(38)16-21-15-22(32)7-8-24(21)31(37)40/h2-8,11-12,15,19-20,27H,9-10,13-14,16-18H2,1H3/t27-/m1/s1. The Morgan fingerprint density at radius 3 is 2.60 bits per heavy atom. The van der Waals surface area contributed by atoms with E-state index < -0.39 is 6.04 Å². The van der Waals surface area contributed by atoms with E-state index in [4.69, 9.17) is 11.6 Å². The first-order valence-corrected chi connectivity index (χ1v) is 14.0. The topological polar surface area (TPSA) is 88.4 Å². The number of amides is 2. The summed E-state index contributed by atoms with van der Waals surface area (Å²) >= 11 is 6.22. The molecule has 1 saturated heterocycles. The molecular weight excluding hydrogens is 526 g/mol. The first-order valence-electron chi connectivity index (χ1n) is 13.6. The van der Waals surface area contributed by atoms with Gasteiger partial charge < -0.3 is 14.4 Å². The average Bonchev–Trinajstić information content (AvgIpc) is 3.27. The largest absolute Gasteiger partial charge is 0.348 e. The number of carbonyl (C=O) groups excluding carboxylic acids is 3. The highest BCUT2D eigenvalue weighted by Crippen LogP contribution is 2.29. The smallest absolute Gasteiger partial charge is 0.257 e. The van der Waals surface area contributed by atoms with Crippen molar-refractivity contribution < 1.29 is 14.4 Å². The molecule has 2 amide bonds. The third kappa shape index (κ3) is 4.99. The highest BCUT2D eigenvalue weighted by molar-refractivity contribution is 6.30. The highest BCUT2D eigenvalue weighted by Gasteiger charge is 2.37. The molecule has 5 heterocycles. The van der Waals surface area contributed by atoms with Crippen molar-refractivity contribution in [3.05, 3.63) is 94.5 Å². The van der Waals surface area contributed by atoms with E-state index in [-0.39, 0.29) is 29.9 Å². The molecule has 40 heavy (non-hydrogen) atoms. The normalized spacial score (nSPS) is 18.2. The van der Waals surface area contributed by atoms with Crippen molar-refractivity contribution in [1.82, 2.24) is 24.3 Å². The van der Waals surface area contributed by atoms with Crippen molar-refractivity contribution >= 4 is 40.2 Å². The molecule has 0 radical (unpaired) electrons. The second-order valence-corrected chi connectivity index (χ2v) is 11.1. The number of carbonyl (C=O) groups is 3. The molecular formula is C31H30ClN5O3. The number of pyridine rings is 2. The minimum Gasteiger partial charge on any atom is -0.348 e. The van der Waals surface area contributed by atoms with Gasteiger partial charge in [0.25, 0.3) is 11.8 Å². The monoisotopic (exact) mass is 555 g/mol. The zero-order valence-electron chi connectivity index (χ0n) is 22.3. The molecule has 2 aliphatic rings. The van der Waals surface area contributed by atoms with Gasteiger partial charge in [-0.2, -0.15) is 0 Å². The molecule has 6 rings (SSSR count). The third-order valence-electron chi connectivity index (χ3n) is 8.13. The lowest BCUT2D eigenvalue weighted by Gasteiger charge is -2.37. The van der Waals surface area contributed by atoms with Crippen LogP contribution in [0, 0.1) is 5.92 Å². The van der Waals surface area contributed by atoms with Crippen LogP contribution in [0.2, 0.25) is 5.02 Å². The summed E-state index contributed by atoms with van der Waals surface area (Å²) in [5, 5.41) is 0.507. The second kappa shape index (κ2) is 10.8. The number of ketones is 1. The molecule has 8 nitrogen and oxygen atoms in total. The zero-order valence-corrected chi connectivity index (χ0v) is 23.1. The van der Waals surface area contributed by atoms with Gasteiger partial charge in [0.15, 0.2) is 5.78 Å². The first-order chi connectivity index (χ1) is 19.4. The van der Waals surface area contributed by atoms with Crippen LogP contribution in [0.4, 0.5) is 0 Å². The summed E-state index contributed by atoms with van der Waals surface area (Å²) in [6.45, 7) is 1.61. The lowest BCUT2D eigenvalue weighted by atomic mass is 9.93. The summed E-state index contributed by atoms with van der Waals surface area (Å²) in [5.41, 5.74) is 4.20. The molecule has 1 atom stereocenters. The number of nitrogens with zero attached hydrogens (tertiary/aromatic N) is 5. The van der Waals surface area contributed by atoms with E-state index in [9.17, 15) is 14.4 Å². The fourth-order valence-corrected chi connectivity index (χ4v) is 6.18. The van der Waals surface area contributed by atoms with Crippen molar-refractivity contribution in [3.8, 4) is 0 Å². The number of Topliss-reactive ketones (excluding diaryl/α,β-unsaturated/α-hetero) is 1. The summed E-state index contributed by atoms with van der Waals surface area (Å²) in [6.07, 6.45) is 7.25. The lowest BCUT2D eigenvalue weighted by Crippen LogP contribution is -2.49. The molecule has 204 valence electrons. The number of fused-ring (bicyclic) bond motifs is 2. The van der Waals surface area contributed by atoms with E-state index in [0.29, 0.717) is 53.3 Å². The molecule has 0 aliphatic carbocycles.